The largest absolute Gasteiger partial charge is 0.478 e. The van der Waals surface area contributed by atoms with E-state index in [1.807, 2.05) is 0 Å². The number of rotatable bonds is 8. The monoisotopic (exact) mass is 294 g/mol. The summed E-state index contributed by atoms with van der Waals surface area (Å²) in [5.74, 6) is -1.03. The predicted molar refractivity (Wildman–Crippen MR) is 79.2 cm³/mol. The van der Waals surface area contributed by atoms with Gasteiger partial charge in [0.1, 0.15) is 0 Å². The number of nitrogens with zero attached hydrogens (tertiary/aromatic N) is 1. The molecular weight excluding hydrogens is 272 g/mol. The lowest BCUT2D eigenvalue weighted by Gasteiger charge is -2.20. The van der Waals surface area contributed by atoms with Gasteiger partial charge in [-0.3, -0.25) is 4.79 Å². The van der Waals surface area contributed by atoms with Crippen LogP contribution < -0.4 is 5.73 Å². The fraction of sp³-hybridized carbons (Fsp3) is 0.467. The van der Waals surface area contributed by atoms with Gasteiger partial charge in [-0.25, -0.2) is 4.79 Å². The summed E-state index contributed by atoms with van der Waals surface area (Å²) in [4.78, 5) is 24.7. The van der Waals surface area contributed by atoms with Gasteiger partial charge in [0.05, 0.1) is 18.1 Å². The highest BCUT2D eigenvalue weighted by Gasteiger charge is 2.16. The van der Waals surface area contributed by atoms with E-state index in [0.29, 0.717) is 18.5 Å². The van der Waals surface area contributed by atoms with E-state index < -0.39 is 5.97 Å². The van der Waals surface area contributed by atoms with Crippen LogP contribution >= 0.6 is 0 Å². The highest BCUT2D eigenvalue weighted by Crippen LogP contribution is 2.10. The molecule has 0 heterocycles. The SMILES string of the molecule is COC(CN)CC(=O)N(C)CCc1ccccc1C(=O)O. The second-order valence-electron chi connectivity index (χ2n) is 4.83. The maximum atomic E-state index is 12.0. The molecule has 1 amide bonds. The minimum absolute atomic E-state index is 0.0693. The Kier molecular flexibility index (Phi) is 6.84. The summed E-state index contributed by atoms with van der Waals surface area (Å²) in [6, 6.07) is 6.81. The van der Waals surface area contributed by atoms with Crippen molar-refractivity contribution in [2.45, 2.75) is 18.9 Å². The minimum atomic E-state index is -0.956. The summed E-state index contributed by atoms with van der Waals surface area (Å²) in [6.45, 7) is 0.738. The number of hydrogen-bond acceptors (Lipinski definition) is 4. The molecule has 0 saturated heterocycles. The van der Waals surface area contributed by atoms with Crippen LogP contribution in [-0.4, -0.2) is 55.2 Å². The first-order valence-corrected chi connectivity index (χ1v) is 6.77. The lowest BCUT2D eigenvalue weighted by molar-refractivity contribution is -0.132. The molecule has 3 N–H and O–H groups in total. The first-order valence-electron chi connectivity index (χ1n) is 6.77. The molecule has 6 heteroatoms. The van der Waals surface area contributed by atoms with Crippen molar-refractivity contribution >= 4 is 11.9 Å². The molecule has 6 nitrogen and oxygen atoms in total. The Bertz CT molecular complexity index is 486. The van der Waals surface area contributed by atoms with Crippen molar-refractivity contribution in [1.82, 2.24) is 4.90 Å². The van der Waals surface area contributed by atoms with Gasteiger partial charge in [-0.15, -0.1) is 0 Å². The third-order valence-electron chi connectivity index (χ3n) is 3.39. The summed E-state index contributed by atoms with van der Waals surface area (Å²) in [5, 5.41) is 9.11. The van der Waals surface area contributed by atoms with Crippen molar-refractivity contribution in [1.29, 1.82) is 0 Å². The summed E-state index contributed by atoms with van der Waals surface area (Å²) in [5.41, 5.74) is 6.48. The Morgan fingerprint density at radius 3 is 2.62 bits per heavy atom. The van der Waals surface area contributed by atoms with E-state index >= 15 is 0 Å². The van der Waals surface area contributed by atoms with Crippen LogP contribution in [0.4, 0.5) is 0 Å². The van der Waals surface area contributed by atoms with Gasteiger partial charge >= 0.3 is 5.97 Å². The van der Waals surface area contributed by atoms with Crippen LogP contribution in [0, 0.1) is 0 Å². The summed E-state index contributed by atoms with van der Waals surface area (Å²) in [7, 11) is 3.21. The first-order chi connectivity index (χ1) is 9.99. The number of aromatic carboxylic acids is 1. The number of nitrogens with two attached hydrogens (primary N) is 1. The number of benzene rings is 1. The van der Waals surface area contributed by atoms with E-state index in [-0.39, 0.29) is 30.5 Å². The number of carbonyl (C=O) groups is 2. The molecule has 0 aliphatic heterocycles. The van der Waals surface area contributed by atoms with Crippen molar-refractivity contribution < 1.29 is 19.4 Å². The summed E-state index contributed by atoms with van der Waals surface area (Å²) >= 11 is 0. The van der Waals surface area contributed by atoms with Crippen LogP contribution in [0.25, 0.3) is 0 Å². The number of likely N-dealkylation sites (N-methyl/N-ethyl adjacent to an activating group) is 1. The molecule has 1 unspecified atom stereocenters. The maximum absolute atomic E-state index is 12.0. The highest BCUT2D eigenvalue weighted by molar-refractivity contribution is 5.89. The van der Waals surface area contributed by atoms with Crippen LogP contribution in [0.2, 0.25) is 0 Å². The zero-order valence-electron chi connectivity index (χ0n) is 12.4. The number of carbonyl (C=O) groups excluding carboxylic acids is 1. The smallest absolute Gasteiger partial charge is 0.335 e. The third kappa shape index (κ3) is 5.17. The Balaban J connectivity index is 2.59. The Hall–Kier alpha value is -1.92. The van der Waals surface area contributed by atoms with E-state index in [0.717, 1.165) is 0 Å². The Labute approximate surface area is 124 Å². The molecule has 21 heavy (non-hydrogen) atoms. The quantitative estimate of drug-likeness (QED) is 0.738. The van der Waals surface area contributed by atoms with Crippen LogP contribution in [0.5, 0.6) is 0 Å². The highest BCUT2D eigenvalue weighted by atomic mass is 16.5. The molecule has 1 aromatic rings. The lowest BCUT2D eigenvalue weighted by atomic mass is 10.0. The second-order valence-corrected chi connectivity index (χ2v) is 4.83. The van der Waals surface area contributed by atoms with E-state index in [9.17, 15) is 9.59 Å². The minimum Gasteiger partial charge on any atom is -0.478 e. The molecule has 0 spiro atoms. The summed E-state index contributed by atoms with van der Waals surface area (Å²) < 4.78 is 5.08. The van der Waals surface area contributed by atoms with Gasteiger partial charge in [0.25, 0.3) is 0 Å². The molecule has 0 saturated carbocycles. The average Bonchev–Trinajstić information content (AvgIpc) is 2.49. The van der Waals surface area contributed by atoms with Gasteiger partial charge in [0.2, 0.25) is 5.91 Å². The molecule has 0 aromatic heterocycles. The maximum Gasteiger partial charge on any atom is 0.335 e. The fourth-order valence-corrected chi connectivity index (χ4v) is 1.97. The van der Waals surface area contributed by atoms with E-state index in [1.54, 1.807) is 36.2 Å². The molecule has 1 rings (SSSR count). The van der Waals surface area contributed by atoms with Gasteiger partial charge in [-0.05, 0) is 18.1 Å². The van der Waals surface area contributed by atoms with Crippen LogP contribution in [0.3, 0.4) is 0 Å². The molecule has 0 aliphatic rings. The number of methoxy groups -OCH3 is 1. The van der Waals surface area contributed by atoms with Gasteiger partial charge in [-0.2, -0.15) is 0 Å². The van der Waals surface area contributed by atoms with Gasteiger partial charge in [-0.1, -0.05) is 18.2 Å². The molecule has 1 aromatic carbocycles. The average molecular weight is 294 g/mol. The van der Waals surface area contributed by atoms with E-state index in [4.69, 9.17) is 15.6 Å². The van der Waals surface area contributed by atoms with Crippen LogP contribution in [0.1, 0.15) is 22.3 Å². The molecule has 0 aliphatic carbocycles. The van der Waals surface area contributed by atoms with E-state index in [2.05, 4.69) is 0 Å². The fourth-order valence-electron chi connectivity index (χ4n) is 1.97. The number of carboxylic acids is 1. The van der Waals surface area contributed by atoms with Crippen molar-refractivity contribution in [2.75, 3.05) is 27.2 Å². The Morgan fingerprint density at radius 2 is 2.05 bits per heavy atom. The zero-order valence-corrected chi connectivity index (χ0v) is 12.4. The third-order valence-corrected chi connectivity index (χ3v) is 3.39. The topological polar surface area (TPSA) is 92.9 Å². The lowest BCUT2D eigenvalue weighted by Crippen LogP contribution is -2.34. The Morgan fingerprint density at radius 1 is 1.38 bits per heavy atom. The summed E-state index contributed by atoms with van der Waals surface area (Å²) in [6.07, 6.45) is 0.431. The van der Waals surface area contributed by atoms with Crippen molar-refractivity contribution in [3.05, 3.63) is 35.4 Å². The van der Waals surface area contributed by atoms with Crippen molar-refractivity contribution in [3.63, 3.8) is 0 Å². The zero-order chi connectivity index (χ0) is 15.8. The van der Waals surface area contributed by atoms with Crippen LogP contribution in [0.15, 0.2) is 24.3 Å². The van der Waals surface area contributed by atoms with Gasteiger partial charge in [0.15, 0.2) is 0 Å². The molecular formula is C15H22N2O4. The van der Waals surface area contributed by atoms with Crippen molar-refractivity contribution in [2.24, 2.45) is 5.73 Å². The molecule has 0 bridgehead atoms. The van der Waals surface area contributed by atoms with Gasteiger partial charge in [0, 0.05) is 27.2 Å². The first kappa shape index (κ1) is 17.1. The molecule has 1 atom stereocenters. The second kappa shape index (κ2) is 8.39. The standard InChI is InChI=1S/C15H22N2O4/c1-17(14(18)9-12(10-16)21-2)8-7-11-5-3-4-6-13(11)15(19)20/h3-6,12H,7-10,16H2,1-2H3,(H,19,20). The van der Waals surface area contributed by atoms with Gasteiger partial charge < -0.3 is 20.5 Å². The molecule has 116 valence electrons. The molecule has 0 radical (unpaired) electrons. The number of carboxylic acid groups (broad SMARTS) is 1. The van der Waals surface area contributed by atoms with Crippen LogP contribution in [-0.2, 0) is 16.0 Å². The molecule has 0 fully saturated rings. The number of hydrogen-bond donors (Lipinski definition) is 2. The predicted octanol–water partition coefficient (Wildman–Crippen LogP) is 0.750. The number of amides is 1. The number of ether oxygens (including phenoxy) is 1. The van der Waals surface area contributed by atoms with Crippen molar-refractivity contribution in [3.8, 4) is 0 Å². The van der Waals surface area contributed by atoms with E-state index in [1.165, 1.54) is 7.11 Å². The normalized spacial score (nSPS) is 12.0.